The van der Waals surface area contributed by atoms with Gasteiger partial charge in [0, 0.05) is 31.2 Å². The summed E-state index contributed by atoms with van der Waals surface area (Å²) < 4.78 is 1.69. The zero-order valence-electron chi connectivity index (χ0n) is 10.1. The Morgan fingerprint density at radius 1 is 1.26 bits per heavy atom. The Hall–Kier alpha value is -2.76. The highest BCUT2D eigenvalue weighted by Gasteiger charge is 2.18. The number of carboxylic acids is 1. The molecule has 3 rings (SSSR count). The first-order valence-corrected chi connectivity index (χ1v) is 5.62. The molecule has 19 heavy (non-hydrogen) atoms. The largest absolute Gasteiger partial charge is 0.478 e. The standard InChI is InChI=1S/C13H10N4O2/c1-17-6-9(13(18)19)10-11(15-7-16-12(10)17)8-2-4-14-5-3-8/h2-7H,1H3,(H,18,19). The number of rotatable bonds is 2. The normalized spacial score (nSPS) is 10.8. The Balaban J connectivity index is 2.40. The fourth-order valence-electron chi connectivity index (χ4n) is 2.10. The molecule has 3 heterocycles. The first kappa shape index (κ1) is 11.3. The van der Waals surface area contributed by atoms with E-state index >= 15 is 0 Å². The van der Waals surface area contributed by atoms with Gasteiger partial charge >= 0.3 is 5.97 Å². The van der Waals surface area contributed by atoms with E-state index in [1.165, 1.54) is 6.33 Å². The second-order valence-electron chi connectivity index (χ2n) is 4.12. The number of hydrogen-bond donors (Lipinski definition) is 1. The van der Waals surface area contributed by atoms with Gasteiger partial charge in [-0.2, -0.15) is 0 Å². The van der Waals surface area contributed by atoms with Crippen molar-refractivity contribution in [3.63, 3.8) is 0 Å². The van der Waals surface area contributed by atoms with Crippen LogP contribution >= 0.6 is 0 Å². The lowest BCUT2D eigenvalue weighted by Crippen LogP contribution is -1.96. The smallest absolute Gasteiger partial charge is 0.338 e. The molecule has 6 nitrogen and oxygen atoms in total. The van der Waals surface area contributed by atoms with Crippen molar-refractivity contribution in [3.05, 3.63) is 42.6 Å². The maximum absolute atomic E-state index is 11.3. The van der Waals surface area contributed by atoms with Crippen molar-refractivity contribution in [1.29, 1.82) is 0 Å². The van der Waals surface area contributed by atoms with E-state index in [9.17, 15) is 9.90 Å². The van der Waals surface area contributed by atoms with E-state index in [1.54, 1.807) is 42.3 Å². The summed E-state index contributed by atoms with van der Waals surface area (Å²) in [4.78, 5) is 23.6. The van der Waals surface area contributed by atoms with Crippen LogP contribution in [0, 0.1) is 0 Å². The zero-order chi connectivity index (χ0) is 13.4. The molecule has 0 aliphatic carbocycles. The van der Waals surface area contributed by atoms with Crippen LogP contribution in [0.25, 0.3) is 22.3 Å². The molecular weight excluding hydrogens is 244 g/mol. The minimum Gasteiger partial charge on any atom is -0.478 e. The van der Waals surface area contributed by atoms with Crippen LogP contribution in [0.15, 0.2) is 37.1 Å². The first-order valence-electron chi connectivity index (χ1n) is 5.62. The van der Waals surface area contributed by atoms with Gasteiger partial charge in [0.1, 0.15) is 12.0 Å². The highest BCUT2D eigenvalue weighted by atomic mass is 16.4. The molecular formula is C13H10N4O2. The molecule has 0 aliphatic heterocycles. The molecule has 0 bridgehead atoms. The van der Waals surface area contributed by atoms with E-state index in [0.717, 1.165) is 5.56 Å². The van der Waals surface area contributed by atoms with Crippen molar-refractivity contribution < 1.29 is 9.90 Å². The maximum Gasteiger partial charge on any atom is 0.338 e. The highest BCUT2D eigenvalue weighted by Crippen LogP contribution is 2.28. The summed E-state index contributed by atoms with van der Waals surface area (Å²) in [6.45, 7) is 0. The molecule has 0 fully saturated rings. The van der Waals surface area contributed by atoms with Crippen LogP contribution in [0.3, 0.4) is 0 Å². The predicted molar refractivity (Wildman–Crippen MR) is 68.7 cm³/mol. The molecule has 0 unspecified atom stereocenters. The molecule has 0 amide bonds. The Morgan fingerprint density at radius 2 is 2.00 bits per heavy atom. The Bertz CT molecular complexity index is 765. The summed E-state index contributed by atoms with van der Waals surface area (Å²) in [5, 5.41) is 9.83. The average Bonchev–Trinajstić information content (AvgIpc) is 2.78. The summed E-state index contributed by atoms with van der Waals surface area (Å²) in [7, 11) is 1.76. The number of nitrogens with zero attached hydrogens (tertiary/aromatic N) is 4. The number of aromatic nitrogens is 4. The third-order valence-electron chi connectivity index (χ3n) is 2.94. The monoisotopic (exact) mass is 254 g/mol. The lowest BCUT2D eigenvalue weighted by atomic mass is 10.1. The minimum atomic E-state index is -0.990. The molecule has 0 saturated heterocycles. The van der Waals surface area contributed by atoms with Crippen molar-refractivity contribution in [2.75, 3.05) is 0 Å². The van der Waals surface area contributed by atoms with E-state index < -0.39 is 5.97 Å². The number of carbonyl (C=O) groups is 1. The number of hydrogen-bond acceptors (Lipinski definition) is 4. The van der Waals surface area contributed by atoms with E-state index in [4.69, 9.17) is 0 Å². The van der Waals surface area contributed by atoms with Crippen LogP contribution in [0.5, 0.6) is 0 Å². The molecule has 1 N–H and O–H groups in total. The summed E-state index contributed by atoms with van der Waals surface area (Å²) >= 11 is 0. The average molecular weight is 254 g/mol. The third-order valence-corrected chi connectivity index (χ3v) is 2.94. The van der Waals surface area contributed by atoms with E-state index in [0.29, 0.717) is 16.7 Å². The molecule has 94 valence electrons. The lowest BCUT2D eigenvalue weighted by Gasteiger charge is -2.03. The van der Waals surface area contributed by atoms with Crippen molar-refractivity contribution in [2.24, 2.45) is 7.05 Å². The van der Waals surface area contributed by atoms with E-state index in [1.807, 2.05) is 0 Å². The fraction of sp³-hybridized carbons (Fsp3) is 0.0769. The van der Waals surface area contributed by atoms with Crippen LogP contribution in [0.1, 0.15) is 10.4 Å². The molecule has 0 atom stereocenters. The Kier molecular flexibility index (Phi) is 2.49. The third kappa shape index (κ3) is 1.74. The van der Waals surface area contributed by atoms with E-state index in [-0.39, 0.29) is 5.56 Å². The second kappa shape index (κ2) is 4.16. The van der Waals surface area contributed by atoms with Gasteiger partial charge in [-0.15, -0.1) is 0 Å². The second-order valence-corrected chi connectivity index (χ2v) is 4.12. The van der Waals surface area contributed by atoms with Crippen LogP contribution in [0.4, 0.5) is 0 Å². The van der Waals surface area contributed by atoms with Crippen molar-refractivity contribution in [2.45, 2.75) is 0 Å². The SMILES string of the molecule is Cn1cc(C(=O)O)c2c(-c3ccncc3)ncnc21. The summed E-state index contributed by atoms with van der Waals surface area (Å²) in [5.74, 6) is -0.990. The maximum atomic E-state index is 11.3. The first-order chi connectivity index (χ1) is 9.18. The molecule has 0 radical (unpaired) electrons. The van der Waals surface area contributed by atoms with Crippen LogP contribution in [-0.4, -0.2) is 30.6 Å². The zero-order valence-corrected chi connectivity index (χ0v) is 10.1. The van der Waals surface area contributed by atoms with Gasteiger partial charge < -0.3 is 9.67 Å². The van der Waals surface area contributed by atoms with Crippen LogP contribution in [-0.2, 0) is 7.05 Å². The molecule has 3 aromatic heterocycles. The number of aryl methyl sites for hydroxylation is 1. The number of pyridine rings is 1. The molecule has 3 aromatic rings. The van der Waals surface area contributed by atoms with Crippen molar-refractivity contribution in [3.8, 4) is 11.3 Å². The molecule has 0 spiro atoms. The number of fused-ring (bicyclic) bond motifs is 1. The summed E-state index contributed by atoms with van der Waals surface area (Å²) in [6, 6.07) is 3.58. The quantitative estimate of drug-likeness (QED) is 0.753. The van der Waals surface area contributed by atoms with Gasteiger partial charge in [0.2, 0.25) is 0 Å². The van der Waals surface area contributed by atoms with Gasteiger partial charge in [-0.3, -0.25) is 4.98 Å². The van der Waals surface area contributed by atoms with Crippen molar-refractivity contribution in [1.82, 2.24) is 19.5 Å². The lowest BCUT2D eigenvalue weighted by molar-refractivity contribution is 0.0699. The van der Waals surface area contributed by atoms with Crippen LogP contribution in [0.2, 0.25) is 0 Å². The topological polar surface area (TPSA) is 80.9 Å². The van der Waals surface area contributed by atoms with Gasteiger partial charge in [-0.05, 0) is 12.1 Å². The Labute approximate surface area is 108 Å². The molecule has 0 aromatic carbocycles. The number of aromatic carboxylic acids is 1. The molecule has 0 saturated carbocycles. The van der Waals surface area contributed by atoms with Crippen LogP contribution < -0.4 is 0 Å². The van der Waals surface area contributed by atoms with Gasteiger partial charge in [0.05, 0.1) is 16.6 Å². The summed E-state index contributed by atoms with van der Waals surface area (Å²) in [5.41, 5.74) is 2.21. The highest BCUT2D eigenvalue weighted by molar-refractivity contribution is 6.07. The Morgan fingerprint density at radius 3 is 2.68 bits per heavy atom. The van der Waals surface area contributed by atoms with Crippen molar-refractivity contribution >= 4 is 17.0 Å². The minimum absolute atomic E-state index is 0.199. The van der Waals surface area contributed by atoms with Gasteiger partial charge in [0.25, 0.3) is 0 Å². The number of carboxylic acid groups (broad SMARTS) is 1. The fourth-order valence-corrected chi connectivity index (χ4v) is 2.10. The van der Waals surface area contributed by atoms with E-state index in [2.05, 4.69) is 15.0 Å². The summed E-state index contributed by atoms with van der Waals surface area (Å²) in [6.07, 6.45) is 6.27. The predicted octanol–water partition coefficient (Wildman–Crippen LogP) is 1.73. The molecule has 6 heteroatoms. The molecule has 0 aliphatic rings. The van der Waals surface area contributed by atoms with Gasteiger partial charge in [-0.1, -0.05) is 0 Å². The van der Waals surface area contributed by atoms with Gasteiger partial charge in [0.15, 0.2) is 0 Å². The van der Waals surface area contributed by atoms with Gasteiger partial charge in [-0.25, -0.2) is 14.8 Å².